The van der Waals surface area contributed by atoms with Gasteiger partial charge in [0.15, 0.2) is 0 Å². The van der Waals surface area contributed by atoms with Crippen LogP contribution in [0.1, 0.15) is 17.9 Å². The van der Waals surface area contributed by atoms with Crippen LogP contribution in [0.4, 0.5) is 5.69 Å². The number of rotatable bonds is 6. The largest absolute Gasteiger partial charge is 0.497 e. The van der Waals surface area contributed by atoms with Crippen molar-refractivity contribution in [2.45, 2.75) is 19.8 Å². The van der Waals surface area contributed by atoms with Gasteiger partial charge >= 0.3 is 0 Å². The molecule has 0 unspecified atom stereocenters. The van der Waals surface area contributed by atoms with E-state index in [0.717, 1.165) is 27.0 Å². The molecule has 26 heavy (non-hydrogen) atoms. The number of amides is 1. The lowest BCUT2D eigenvalue weighted by Gasteiger charge is -2.07. The molecule has 7 heteroatoms. The standard InChI is InChI=1S/C19H18BrN3O3/c1-12-3-8-16(15(20)11-12)21-17(24)9-10-18-22-19(23-26-18)13-4-6-14(25-2)7-5-13/h3-8,11H,9-10H2,1-2H3,(H,21,24). The molecule has 6 nitrogen and oxygen atoms in total. The molecule has 2 aromatic carbocycles. The van der Waals surface area contributed by atoms with Crippen molar-refractivity contribution in [2.24, 2.45) is 0 Å². The second-order valence-corrected chi connectivity index (χ2v) is 6.63. The van der Waals surface area contributed by atoms with Crippen LogP contribution in [0.15, 0.2) is 51.5 Å². The molecule has 3 rings (SSSR count). The summed E-state index contributed by atoms with van der Waals surface area (Å²) in [5, 5.41) is 6.83. The predicted molar refractivity (Wildman–Crippen MR) is 102 cm³/mol. The second-order valence-electron chi connectivity index (χ2n) is 5.77. The van der Waals surface area contributed by atoms with E-state index in [2.05, 4.69) is 31.4 Å². The summed E-state index contributed by atoms with van der Waals surface area (Å²) in [5.74, 6) is 1.56. The molecule has 1 heterocycles. The van der Waals surface area contributed by atoms with Crippen LogP contribution < -0.4 is 10.1 Å². The number of aryl methyl sites for hydroxylation is 2. The molecule has 134 valence electrons. The van der Waals surface area contributed by atoms with Crippen molar-refractivity contribution >= 4 is 27.5 Å². The van der Waals surface area contributed by atoms with Gasteiger partial charge in [-0.25, -0.2) is 0 Å². The van der Waals surface area contributed by atoms with Crippen LogP contribution in [0.3, 0.4) is 0 Å². The van der Waals surface area contributed by atoms with Gasteiger partial charge in [-0.05, 0) is 64.8 Å². The Morgan fingerprint density at radius 1 is 1.23 bits per heavy atom. The van der Waals surface area contributed by atoms with Gasteiger partial charge in [0.2, 0.25) is 17.6 Å². The first-order valence-electron chi connectivity index (χ1n) is 8.08. The van der Waals surface area contributed by atoms with Crippen LogP contribution in [0, 0.1) is 6.92 Å². The minimum atomic E-state index is -0.112. The lowest BCUT2D eigenvalue weighted by molar-refractivity contribution is -0.116. The predicted octanol–water partition coefficient (Wildman–Crippen LogP) is 4.39. The zero-order chi connectivity index (χ0) is 18.5. The number of methoxy groups -OCH3 is 1. The van der Waals surface area contributed by atoms with Gasteiger partial charge in [0.25, 0.3) is 0 Å². The van der Waals surface area contributed by atoms with E-state index >= 15 is 0 Å². The fourth-order valence-corrected chi connectivity index (χ4v) is 2.96. The van der Waals surface area contributed by atoms with Gasteiger partial charge in [0.1, 0.15) is 5.75 Å². The van der Waals surface area contributed by atoms with E-state index in [9.17, 15) is 4.79 Å². The van der Waals surface area contributed by atoms with Crippen molar-refractivity contribution in [2.75, 3.05) is 12.4 Å². The lowest BCUT2D eigenvalue weighted by Crippen LogP contribution is -2.12. The Morgan fingerprint density at radius 3 is 2.69 bits per heavy atom. The molecule has 0 atom stereocenters. The highest BCUT2D eigenvalue weighted by atomic mass is 79.9. The highest BCUT2D eigenvalue weighted by Crippen LogP contribution is 2.24. The fraction of sp³-hybridized carbons (Fsp3) is 0.211. The van der Waals surface area contributed by atoms with E-state index in [1.165, 1.54) is 0 Å². The molecule has 1 amide bonds. The maximum atomic E-state index is 12.1. The molecule has 1 N–H and O–H groups in total. The first kappa shape index (κ1) is 18.1. The highest BCUT2D eigenvalue weighted by molar-refractivity contribution is 9.10. The van der Waals surface area contributed by atoms with Crippen molar-refractivity contribution in [3.05, 3.63) is 58.4 Å². The van der Waals surface area contributed by atoms with Crippen LogP contribution in [-0.4, -0.2) is 23.2 Å². The van der Waals surface area contributed by atoms with Gasteiger partial charge in [0, 0.05) is 22.9 Å². The number of hydrogen-bond acceptors (Lipinski definition) is 5. The Morgan fingerprint density at radius 2 is 2.00 bits per heavy atom. The van der Waals surface area contributed by atoms with Gasteiger partial charge in [-0.15, -0.1) is 0 Å². The third-order valence-corrected chi connectivity index (χ3v) is 4.44. The third kappa shape index (κ3) is 4.49. The average molecular weight is 416 g/mol. The summed E-state index contributed by atoms with van der Waals surface area (Å²) in [6.07, 6.45) is 0.628. The number of anilines is 1. The Bertz CT molecular complexity index is 907. The number of nitrogens with one attached hydrogen (secondary N) is 1. The summed E-state index contributed by atoms with van der Waals surface area (Å²) in [4.78, 5) is 16.5. The van der Waals surface area contributed by atoms with Crippen LogP contribution >= 0.6 is 15.9 Å². The van der Waals surface area contributed by atoms with Gasteiger partial charge in [-0.1, -0.05) is 11.2 Å². The molecule has 0 saturated carbocycles. The van der Waals surface area contributed by atoms with E-state index < -0.39 is 0 Å². The van der Waals surface area contributed by atoms with Crippen molar-refractivity contribution in [1.82, 2.24) is 10.1 Å². The maximum Gasteiger partial charge on any atom is 0.227 e. The van der Waals surface area contributed by atoms with Gasteiger partial charge in [0.05, 0.1) is 12.8 Å². The molecule has 0 spiro atoms. The number of ether oxygens (including phenoxy) is 1. The Labute approximate surface area is 159 Å². The summed E-state index contributed by atoms with van der Waals surface area (Å²) in [6, 6.07) is 13.1. The zero-order valence-electron chi connectivity index (χ0n) is 14.5. The fourth-order valence-electron chi connectivity index (χ4n) is 2.37. The SMILES string of the molecule is COc1ccc(-c2noc(CCC(=O)Nc3ccc(C)cc3Br)n2)cc1. The third-order valence-electron chi connectivity index (χ3n) is 3.78. The zero-order valence-corrected chi connectivity index (χ0v) is 16.0. The lowest BCUT2D eigenvalue weighted by atomic mass is 10.2. The van der Waals surface area contributed by atoms with Crippen molar-refractivity contribution in [1.29, 1.82) is 0 Å². The smallest absolute Gasteiger partial charge is 0.227 e. The maximum absolute atomic E-state index is 12.1. The first-order chi connectivity index (χ1) is 12.5. The minimum Gasteiger partial charge on any atom is -0.497 e. The van der Waals surface area contributed by atoms with E-state index in [0.29, 0.717) is 18.1 Å². The number of halogens is 1. The number of carbonyl (C=O) groups is 1. The monoisotopic (exact) mass is 415 g/mol. The normalized spacial score (nSPS) is 10.6. The average Bonchev–Trinajstić information content (AvgIpc) is 3.11. The van der Waals surface area contributed by atoms with E-state index in [1.807, 2.05) is 49.4 Å². The van der Waals surface area contributed by atoms with E-state index in [1.54, 1.807) is 7.11 Å². The van der Waals surface area contributed by atoms with Crippen LogP contribution in [0.25, 0.3) is 11.4 Å². The number of aromatic nitrogens is 2. The first-order valence-corrected chi connectivity index (χ1v) is 8.87. The van der Waals surface area contributed by atoms with Crippen LogP contribution in [-0.2, 0) is 11.2 Å². The molecular formula is C19H18BrN3O3. The molecule has 0 aliphatic heterocycles. The Hall–Kier alpha value is -2.67. The molecule has 3 aromatic rings. The van der Waals surface area contributed by atoms with Crippen LogP contribution in [0.5, 0.6) is 5.75 Å². The summed E-state index contributed by atoms with van der Waals surface area (Å²) >= 11 is 3.45. The van der Waals surface area contributed by atoms with E-state index in [-0.39, 0.29) is 12.3 Å². The Kier molecular flexibility index (Phi) is 5.68. The van der Waals surface area contributed by atoms with Crippen molar-refractivity contribution < 1.29 is 14.1 Å². The van der Waals surface area contributed by atoms with Gasteiger partial charge < -0.3 is 14.6 Å². The van der Waals surface area contributed by atoms with Gasteiger partial charge in [-0.3, -0.25) is 4.79 Å². The van der Waals surface area contributed by atoms with E-state index in [4.69, 9.17) is 9.26 Å². The molecule has 0 radical (unpaired) electrons. The molecule has 1 aromatic heterocycles. The number of benzene rings is 2. The second kappa shape index (κ2) is 8.14. The highest BCUT2D eigenvalue weighted by Gasteiger charge is 2.12. The number of carbonyl (C=O) groups excluding carboxylic acids is 1. The molecule has 0 saturated heterocycles. The molecule has 0 fully saturated rings. The number of hydrogen-bond donors (Lipinski definition) is 1. The number of nitrogens with zero attached hydrogens (tertiary/aromatic N) is 2. The molecular weight excluding hydrogens is 398 g/mol. The molecule has 0 bridgehead atoms. The van der Waals surface area contributed by atoms with Crippen LogP contribution in [0.2, 0.25) is 0 Å². The molecule has 0 aliphatic carbocycles. The van der Waals surface area contributed by atoms with Crippen molar-refractivity contribution in [3.63, 3.8) is 0 Å². The van der Waals surface area contributed by atoms with Gasteiger partial charge in [-0.2, -0.15) is 4.98 Å². The molecule has 0 aliphatic rings. The summed E-state index contributed by atoms with van der Waals surface area (Å²) in [6.45, 7) is 1.99. The minimum absolute atomic E-state index is 0.112. The topological polar surface area (TPSA) is 77.2 Å². The summed E-state index contributed by atoms with van der Waals surface area (Å²) in [7, 11) is 1.61. The summed E-state index contributed by atoms with van der Waals surface area (Å²) in [5.41, 5.74) is 2.69. The Balaban J connectivity index is 1.58. The summed E-state index contributed by atoms with van der Waals surface area (Å²) < 4.78 is 11.2. The van der Waals surface area contributed by atoms with Crippen molar-refractivity contribution in [3.8, 4) is 17.1 Å². The quantitative estimate of drug-likeness (QED) is 0.645.